The first-order valence-electron chi connectivity index (χ1n) is 6.40. The van der Waals surface area contributed by atoms with Crippen molar-refractivity contribution in [2.45, 2.75) is 33.2 Å². The van der Waals surface area contributed by atoms with Crippen LogP contribution >= 0.6 is 11.6 Å². The molecule has 0 saturated carbocycles. The fraction of sp³-hybridized carbons (Fsp3) is 0.429. The monoisotopic (exact) mass is 297 g/mol. The number of nitrogens with two attached hydrogens (primary N) is 1. The number of rotatable bonds is 5. The number of carbonyl (C=O) groups is 1. The van der Waals surface area contributed by atoms with Gasteiger partial charge in [0.15, 0.2) is 0 Å². The van der Waals surface area contributed by atoms with Crippen LogP contribution in [0.15, 0.2) is 23.4 Å². The molecule has 1 amide bonds. The molecule has 110 valence electrons. The number of oxime groups is 1. The molecule has 0 heterocycles. The Balaban J connectivity index is 2.94. The van der Waals surface area contributed by atoms with Gasteiger partial charge in [0.05, 0.1) is 0 Å². The molecular formula is C14H20ClN3O2. The minimum absolute atomic E-state index is 0.0177. The van der Waals surface area contributed by atoms with E-state index < -0.39 is 0 Å². The minimum Gasteiger partial charge on any atom is -0.409 e. The van der Waals surface area contributed by atoms with E-state index in [1.54, 1.807) is 23.1 Å². The number of nitrogens with zero attached hydrogens (tertiary/aromatic N) is 2. The summed E-state index contributed by atoms with van der Waals surface area (Å²) in [6.07, 6.45) is 0.326. The van der Waals surface area contributed by atoms with Gasteiger partial charge >= 0.3 is 0 Å². The standard InChI is InChI=1S/C14H20ClN3O2/c1-9(2)18(7-6-13(16)17-20)14(19)12-5-4-11(15)8-10(12)3/h4-5,8-9,20H,6-7H2,1-3H3,(H2,16,17). The van der Waals surface area contributed by atoms with Gasteiger partial charge in [0.25, 0.3) is 5.91 Å². The molecule has 0 radical (unpaired) electrons. The van der Waals surface area contributed by atoms with Gasteiger partial charge in [-0.25, -0.2) is 0 Å². The van der Waals surface area contributed by atoms with Crippen LogP contribution < -0.4 is 5.73 Å². The van der Waals surface area contributed by atoms with Crippen molar-refractivity contribution in [2.75, 3.05) is 6.54 Å². The van der Waals surface area contributed by atoms with Gasteiger partial charge in [-0.05, 0) is 44.5 Å². The van der Waals surface area contributed by atoms with E-state index in [9.17, 15) is 4.79 Å². The summed E-state index contributed by atoms with van der Waals surface area (Å²) in [5, 5.41) is 12.1. The van der Waals surface area contributed by atoms with Gasteiger partial charge in [0.1, 0.15) is 5.84 Å². The number of aryl methyl sites for hydroxylation is 1. The lowest BCUT2D eigenvalue weighted by atomic mass is 10.1. The lowest BCUT2D eigenvalue weighted by Crippen LogP contribution is -2.39. The predicted molar refractivity (Wildman–Crippen MR) is 80.4 cm³/mol. The van der Waals surface area contributed by atoms with E-state index in [-0.39, 0.29) is 17.8 Å². The Bertz CT molecular complexity index is 515. The Hall–Kier alpha value is -1.75. The molecule has 5 nitrogen and oxygen atoms in total. The summed E-state index contributed by atoms with van der Waals surface area (Å²) < 4.78 is 0. The van der Waals surface area contributed by atoms with E-state index in [0.29, 0.717) is 23.6 Å². The van der Waals surface area contributed by atoms with Gasteiger partial charge in [0, 0.05) is 29.6 Å². The molecule has 0 fully saturated rings. The van der Waals surface area contributed by atoms with Crippen LogP contribution in [-0.4, -0.2) is 34.4 Å². The first-order valence-corrected chi connectivity index (χ1v) is 6.78. The van der Waals surface area contributed by atoms with Crippen LogP contribution in [-0.2, 0) is 0 Å². The third kappa shape index (κ3) is 4.13. The van der Waals surface area contributed by atoms with Crippen molar-refractivity contribution < 1.29 is 10.0 Å². The summed E-state index contributed by atoms with van der Waals surface area (Å²) in [6.45, 7) is 6.10. The van der Waals surface area contributed by atoms with Gasteiger partial charge in [-0.15, -0.1) is 0 Å². The van der Waals surface area contributed by atoms with Crippen LogP contribution in [0.3, 0.4) is 0 Å². The van der Waals surface area contributed by atoms with E-state index in [4.69, 9.17) is 22.5 Å². The average Bonchev–Trinajstić information content (AvgIpc) is 2.37. The van der Waals surface area contributed by atoms with E-state index in [1.807, 2.05) is 20.8 Å². The van der Waals surface area contributed by atoms with Crippen molar-refractivity contribution in [1.29, 1.82) is 0 Å². The number of carbonyl (C=O) groups excluding carboxylic acids is 1. The fourth-order valence-electron chi connectivity index (χ4n) is 1.90. The highest BCUT2D eigenvalue weighted by Crippen LogP contribution is 2.18. The van der Waals surface area contributed by atoms with Crippen LogP contribution in [0.25, 0.3) is 0 Å². The van der Waals surface area contributed by atoms with E-state index >= 15 is 0 Å². The molecule has 20 heavy (non-hydrogen) atoms. The Morgan fingerprint density at radius 2 is 2.15 bits per heavy atom. The smallest absolute Gasteiger partial charge is 0.254 e. The van der Waals surface area contributed by atoms with Crippen molar-refractivity contribution in [2.24, 2.45) is 10.9 Å². The molecule has 0 unspecified atom stereocenters. The summed E-state index contributed by atoms with van der Waals surface area (Å²) in [5.74, 6) is 0.0242. The zero-order valence-corrected chi connectivity index (χ0v) is 12.7. The normalized spacial score (nSPS) is 11.8. The van der Waals surface area contributed by atoms with Gasteiger partial charge in [-0.3, -0.25) is 4.79 Å². The first kappa shape index (κ1) is 16.3. The lowest BCUT2D eigenvalue weighted by Gasteiger charge is -2.27. The molecule has 0 aliphatic heterocycles. The number of hydrogen-bond donors (Lipinski definition) is 2. The quantitative estimate of drug-likeness (QED) is 0.379. The van der Waals surface area contributed by atoms with Crippen LogP contribution in [0.4, 0.5) is 0 Å². The molecule has 1 aromatic carbocycles. The number of amides is 1. The second-order valence-electron chi connectivity index (χ2n) is 4.89. The molecule has 0 aliphatic rings. The van der Waals surface area contributed by atoms with Gasteiger partial charge in [-0.1, -0.05) is 16.8 Å². The molecule has 0 bridgehead atoms. The van der Waals surface area contributed by atoms with Crippen molar-refractivity contribution in [3.8, 4) is 0 Å². The van der Waals surface area contributed by atoms with Crippen LogP contribution in [0.2, 0.25) is 5.02 Å². The molecule has 1 rings (SSSR count). The first-order chi connectivity index (χ1) is 9.36. The molecule has 6 heteroatoms. The molecule has 0 saturated heterocycles. The molecule has 1 aromatic rings. The van der Waals surface area contributed by atoms with Crippen molar-refractivity contribution >= 4 is 23.3 Å². The Morgan fingerprint density at radius 1 is 1.50 bits per heavy atom. The highest BCUT2D eigenvalue weighted by atomic mass is 35.5. The number of amidine groups is 1. The molecule has 0 aromatic heterocycles. The SMILES string of the molecule is Cc1cc(Cl)ccc1C(=O)N(CC/C(N)=N/O)C(C)C. The van der Waals surface area contributed by atoms with Crippen molar-refractivity contribution in [3.05, 3.63) is 34.3 Å². The highest BCUT2D eigenvalue weighted by Gasteiger charge is 2.20. The highest BCUT2D eigenvalue weighted by molar-refractivity contribution is 6.30. The largest absolute Gasteiger partial charge is 0.409 e. The molecular weight excluding hydrogens is 278 g/mol. The van der Waals surface area contributed by atoms with E-state index in [1.165, 1.54) is 0 Å². The van der Waals surface area contributed by atoms with Crippen molar-refractivity contribution in [1.82, 2.24) is 4.90 Å². The Labute approximate surface area is 124 Å². The summed E-state index contributed by atoms with van der Waals surface area (Å²) in [4.78, 5) is 14.2. The topological polar surface area (TPSA) is 78.9 Å². The van der Waals surface area contributed by atoms with Crippen LogP contribution in [0.1, 0.15) is 36.2 Å². The molecule has 0 spiro atoms. The van der Waals surface area contributed by atoms with Crippen LogP contribution in [0.5, 0.6) is 0 Å². The summed E-state index contributed by atoms with van der Waals surface area (Å²) in [6, 6.07) is 5.20. The van der Waals surface area contributed by atoms with Gasteiger partial charge in [-0.2, -0.15) is 0 Å². The third-order valence-corrected chi connectivity index (χ3v) is 3.28. The zero-order chi connectivity index (χ0) is 15.3. The second-order valence-corrected chi connectivity index (χ2v) is 5.33. The molecule has 0 aliphatic carbocycles. The van der Waals surface area contributed by atoms with Gasteiger partial charge < -0.3 is 15.8 Å². The van der Waals surface area contributed by atoms with E-state index in [0.717, 1.165) is 5.56 Å². The predicted octanol–water partition coefficient (Wildman–Crippen LogP) is 2.64. The zero-order valence-electron chi connectivity index (χ0n) is 11.9. The average molecular weight is 298 g/mol. The summed E-state index contributed by atoms with van der Waals surface area (Å²) in [7, 11) is 0. The maximum absolute atomic E-state index is 12.6. The molecule has 0 atom stereocenters. The van der Waals surface area contributed by atoms with Gasteiger partial charge in [0.2, 0.25) is 0 Å². The van der Waals surface area contributed by atoms with Crippen molar-refractivity contribution in [3.63, 3.8) is 0 Å². The maximum Gasteiger partial charge on any atom is 0.254 e. The Kier molecular flexibility index (Phi) is 5.82. The number of benzene rings is 1. The second kappa shape index (κ2) is 7.14. The minimum atomic E-state index is -0.0834. The summed E-state index contributed by atoms with van der Waals surface area (Å²) in [5.41, 5.74) is 6.90. The molecule has 3 N–H and O–H groups in total. The fourth-order valence-corrected chi connectivity index (χ4v) is 2.13. The van der Waals surface area contributed by atoms with Crippen LogP contribution in [0, 0.1) is 6.92 Å². The maximum atomic E-state index is 12.6. The number of halogens is 1. The lowest BCUT2D eigenvalue weighted by molar-refractivity contribution is 0.0710. The Morgan fingerprint density at radius 3 is 2.65 bits per heavy atom. The third-order valence-electron chi connectivity index (χ3n) is 3.04. The number of hydrogen-bond acceptors (Lipinski definition) is 3. The van der Waals surface area contributed by atoms with E-state index in [2.05, 4.69) is 5.16 Å². The summed E-state index contributed by atoms with van der Waals surface area (Å²) >= 11 is 5.90.